The van der Waals surface area contributed by atoms with E-state index in [2.05, 4.69) is 38.1 Å². The molecule has 0 saturated carbocycles. The van der Waals surface area contributed by atoms with Crippen LogP contribution in [0.3, 0.4) is 0 Å². The number of hydrogen-bond donors (Lipinski definition) is 0. The minimum atomic E-state index is -0.101. The van der Waals surface area contributed by atoms with E-state index in [-0.39, 0.29) is 11.9 Å². The summed E-state index contributed by atoms with van der Waals surface area (Å²) in [6.07, 6.45) is 6.60. The summed E-state index contributed by atoms with van der Waals surface area (Å²) in [5, 5.41) is 0. The molecule has 0 aliphatic heterocycles. The molecule has 2 nitrogen and oxygen atoms in total. The minimum absolute atomic E-state index is 0.101. The van der Waals surface area contributed by atoms with E-state index in [4.69, 9.17) is 4.74 Å². The number of carbonyl (C=O) groups is 1. The van der Waals surface area contributed by atoms with Gasteiger partial charge >= 0.3 is 5.97 Å². The Morgan fingerprint density at radius 2 is 2.11 bits per heavy atom. The molecule has 0 radical (unpaired) electrons. The lowest BCUT2D eigenvalue weighted by Gasteiger charge is -2.07. The number of hydrogen-bond acceptors (Lipinski definition) is 2. The molecule has 0 aliphatic carbocycles. The summed E-state index contributed by atoms with van der Waals surface area (Å²) in [4.78, 5) is 11.6. The van der Waals surface area contributed by atoms with Crippen molar-refractivity contribution in [2.24, 2.45) is 5.92 Å². The zero-order valence-electron chi connectivity index (χ0n) is 12.2. The molecule has 0 amide bonds. The largest absolute Gasteiger partial charge is 0.466 e. The van der Waals surface area contributed by atoms with Gasteiger partial charge in [-0.1, -0.05) is 56.7 Å². The molecule has 0 aromatic heterocycles. The van der Waals surface area contributed by atoms with Gasteiger partial charge in [0.25, 0.3) is 0 Å². The molecule has 19 heavy (non-hydrogen) atoms. The third kappa shape index (κ3) is 6.23. The van der Waals surface area contributed by atoms with Crippen LogP contribution < -0.4 is 0 Å². The molecule has 2 heteroatoms. The lowest BCUT2D eigenvalue weighted by molar-refractivity contribution is -0.144. The van der Waals surface area contributed by atoms with Crippen LogP contribution in [0.2, 0.25) is 0 Å². The summed E-state index contributed by atoms with van der Waals surface area (Å²) in [5.41, 5.74) is 2.45. The van der Waals surface area contributed by atoms with E-state index in [1.807, 2.05) is 19.1 Å². The van der Waals surface area contributed by atoms with Crippen molar-refractivity contribution in [3.63, 3.8) is 0 Å². The van der Waals surface area contributed by atoms with Crippen LogP contribution >= 0.6 is 0 Å². The van der Waals surface area contributed by atoms with Crippen molar-refractivity contribution in [3.8, 4) is 0 Å². The highest BCUT2D eigenvalue weighted by Crippen LogP contribution is 2.13. The summed E-state index contributed by atoms with van der Waals surface area (Å²) in [6.45, 7) is 6.75. The van der Waals surface area contributed by atoms with Crippen LogP contribution in [0.4, 0.5) is 0 Å². The van der Waals surface area contributed by atoms with Crippen LogP contribution in [-0.4, -0.2) is 12.6 Å². The normalized spacial score (nSPS) is 12.6. The number of esters is 1. The summed E-state index contributed by atoms with van der Waals surface area (Å²) < 4.78 is 5.16. The summed E-state index contributed by atoms with van der Waals surface area (Å²) in [6, 6.07) is 8.22. The van der Waals surface area contributed by atoms with Gasteiger partial charge in [0.1, 0.15) is 0 Å². The number of benzene rings is 1. The average Bonchev–Trinajstić information content (AvgIpc) is 2.38. The second kappa shape index (κ2) is 8.52. The van der Waals surface area contributed by atoms with Crippen molar-refractivity contribution in [2.45, 2.75) is 40.0 Å². The highest BCUT2D eigenvalue weighted by atomic mass is 16.5. The summed E-state index contributed by atoms with van der Waals surface area (Å²) in [7, 11) is 0. The zero-order chi connectivity index (χ0) is 14.1. The second-order valence-corrected chi connectivity index (χ2v) is 4.97. The zero-order valence-corrected chi connectivity index (χ0v) is 12.2. The van der Waals surface area contributed by atoms with Crippen molar-refractivity contribution < 1.29 is 9.53 Å². The molecule has 1 aromatic carbocycles. The quantitative estimate of drug-likeness (QED) is 0.537. The Morgan fingerprint density at radius 1 is 1.37 bits per heavy atom. The van der Waals surface area contributed by atoms with Gasteiger partial charge in [-0.15, -0.1) is 0 Å². The number of allylic oxidation sites excluding steroid dienone is 1. The molecule has 0 saturated heterocycles. The van der Waals surface area contributed by atoms with E-state index in [1.54, 1.807) is 0 Å². The first kappa shape index (κ1) is 15.5. The number of carbonyl (C=O) groups excluding carboxylic acids is 1. The Balaban J connectivity index is 2.40. The molecule has 1 aromatic rings. The third-order valence-electron chi connectivity index (χ3n) is 3.04. The first-order chi connectivity index (χ1) is 9.13. The molecule has 0 aliphatic rings. The first-order valence-electron chi connectivity index (χ1n) is 7.03. The van der Waals surface area contributed by atoms with Crippen LogP contribution in [0.5, 0.6) is 0 Å². The van der Waals surface area contributed by atoms with E-state index in [0.717, 1.165) is 12.8 Å². The number of unbranched alkanes of at least 4 members (excludes halogenated alkanes) is 1. The molecule has 0 bridgehead atoms. The lowest BCUT2D eigenvalue weighted by Crippen LogP contribution is -2.09. The molecule has 1 unspecified atom stereocenters. The van der Waals surface area contributed by atoms with Gasteiger partial charge in [0, 0.05) is 0 Å². The molecular formula is C17H24O2. The van der Waals surface area contributed by atoms with Crippen LogP contribution in [0, 0.1) is 12.8 Å². The minimum Gasteiger partial charge on any atom is -0.466 e. The van der Waals surface area contributed by atoms with Crippen molar-refractivity contribution in [1.29, 1.82) is 0 Å². The van der Waals surface area contributed by atoms with Crippen molar-refractivity contribution in [2.75, 3.05) is 6.61 Å². The van der Waals surface area contributed by atoms with Gasteiger partial charge in [-0.2, -0.15) is 0 Å². The van der Waals surface area contributed by atoms with Crippen molar-refractivity contribution >= 4 is 12.0 Å². The molecule has 0 N–H and O–H groups in total. The van der Waals surface area contributed by atoms with E-state index in [9.17, 15) is 4.79 Å². The highest BCUT2D eigenvalue weighted by Gasteiger charge is 2.07. The van der Waals surface area contributed by atoms with Crippen molar-refractivity contribution in [3.05, 3.63) is 41.5 Å². The van der Waals surface area contributed by atoms with Gasteiger partial charge in [0.2, 0.25) is 0 Å². The highest BCUT2D eigenvalue weighted by molar-refractivity contribution is 5.70. The first-order valence-corrected chi connectivity index (χ1v) is 7.03. The Morgan fingerprint density at radius 3 is 2.79 bits per heavy atom. The van der Waals surface area contributed by atoms with E-state index in [0.29, 0.717) is 13.0 Å². The summed E-state index contributed by atoms with van der Waals surface area (Å²) in [5.74, 6) is 0.101. The van der Waals surface area contributed by atoms with Gasteiger partial charge in [0.05, 0.1) is 13.0 Å². The molecular weight excluding hydrogens is 236 g/mol. The Bertz CT molecular complexity index is 421. The van der Waals surface area contributed by atoms with Crippen molar-refractivity contribution in [1.82, 2.24) is 0 Å². The predicted molar refractivity (Wildman–Crippen MR) is 79.9 cm³/mol. The molecule has 0 fully saturated rings. The van der Waals surface area contributed by atoms with Crippen LogP contribution in [-0.2, 0) is 9.53 Å². The maximum atomic E-state index is 11.6. The van der Waals surface area contributed by atoms with Gasteiger partial charge in [-0.25, -0.2) is 0 Å². The SMILES string of the molecule is CCCCOC(=O)CC(C)/C=C\c1ccccc1C. The maximum absolute atomic E-state index is 11.6. The van der Waals surface area contributed by atoms with Crippen LogP contribution in [0.25, 0.3) is 6.08 Å². The fraction of sp³-hybridized carbons (Fsp3) is 0.471. The Hall–Kier alpha value is -1.57. The fourth-order valence-corrected chi connectivity index (χ4v) is 1.76. The van der Waals surface area contributed by atoms with E-state index >= 15 is 0 Å². The summed E-state index contributed by atoms with van der Waals surface area (Å²) >= 11 is 0. The smallest absolute Gasteiger partial charge is 0.306 e. The number of aryl methyl sites for hydroxylation is 1. The average molecular weight is 260 g/mol. The molecule has 0 heterocycles. The second-order valence-electron chi connectivity index (χ2n) is 4.97. The number of rotatable bonds is 7. The van der Waals surface area contributed by atoms with Gasteiger partial charge < -0.3 is 4.74 Å². The lowest BCUT2D eigenvalue weighted by atomic mass is 10.0. The predicted octanol–water partition coefficient (Wildman–Crippen LogP) is 4.38. The van der Waals surface area contributed by atoms with E-state index < -0.39 is 0 Å². The Kier molecular flexibility index (Phi) is 6.94. The molecule has 104 valence electrons. The van der Waals surface area contributed by atoms with Gasteiger partial charge in [-0.05, 0) is 30.4 Å². The topological polar surface area (TPSA) is 26.3 Å². The molecule has 1 rings (SSSR count). The third-order valence-corrected chi connectivity index (χ3v) is 3.04. The van der Waals surface area contributed by atoms with Gasteiger partial charge in [0.15, 0.2) is 0 Å². The van der Waals surface area contributed by atoms with Crippen LogP contribution in [0.1, 0.15) is 44.2 Å². The number of ether oxygens (including phenoxy) is 1. The molecule has 0 spiro atoms. The fourth-order valence-electron chi connectivity index (χ4n) is 1.76. The maximum Gasteiger partial charge on any atom is 0.306 e. The van der Waals surface area contributed by atoms with Crippen LogP contribution in [0.15, 0.2) is 30.3 Å². The van der Waals surface area contributed by atoms with E-state index in [1.165, 1.54) is 11.1 Å². The standard InChI is InChI=1S/C17H24O2/c1-4-5-12-19-17(18)13-14(2)10-11-16-9-7-6-8-15(16)3/h6-11,14H,4-5,12-13H2,1-3H3/b11-10-. The van der Waals surface area contributed by atoms with Gasteiger partial charge in [-0.3, -0.25) is 4.79 Å². The monoisotopic (exact) mass is 260 g/mol. The Labute approximate surface area is 116 Å². The molecule has 1 atom stereocenters.